The summed E-state index contributed by atoms with van der Waals surface area (Å²) in [5.74, 6) is -6.84. The highest BCUT2D eigenvalue weighted by atomic mass is 35.5. The Balaban J connectivity index is 1.19. The zero-order valence-electron chi connectivity index (χ0n) is 32.0. The predicted octanol–water partition coefficient (Wildman–Crippen LogP) is 7.12. The quantitative estimate of drug-likeness (QED) is 0.127. The van der Waals surface area contributed by atoms with E-state index in [1.807, 2.05) is 31.2 Å². The Morgan fingerprint density at radius 2 is 1.67 bits per heavy atom. The van der Waals surface area contributed by atoms with Crippen molar-refractivity contribution in [2.75, 3.05) is 24.0 Å². The van der Waals surface area contributed by atoms with E-state index >= 15 is 9.59 Å². The number of benzene rings is 3. The number of aromatic nitrogens is 2. The number of halogens is 1. The van der Waals surface area contributed by atoms with Crippen LogP contribution in [0, 0.1) is 36.0 Å². The molecule has 5 aromatic rings. The molecule has 13 nitrogen and oxygen atoms in total. The second-order valence-electron chi connectivity index (χ2n) is 15.5. The predicted molar refractivity (Wildman–Crippen MR) is 215 cm³/mol. The van der Waals surface area contributed by atoms with E-state index in [9.17, 15) is 24.6 Å². The zero-order valence-corrected chi connectivity index (χ0v) is 33.6. The number of fused-ring (bicyclic) bond motifs is 5. The number of phenolic OH excluding ortho intramolecular Hbond substituents is 1. The molecule has 2 N–H and O–H groups in total. The molecular formula is C43H37ClN4O9S. The summed E-state index contributed by atoms with van der Waals surface area (Å²) in [6.07, 6.45) is 2.13. The third-order valence-corrected chi connectivity index (χ3v) is 14.2. The third-order valence-electron chi connectivity index (χ3n) is 12.7. The van der Waals surface area contributed by atoms with Gasteiger partial charge in [0, 0.05) is 46.5 Å². The molecule has 0 radical (unpaired) electrons. The number of aromatic carboxylic acids is 1. The normalized spacial score (nSPS) is 25.2. The van der Waals surface area contributed by atoms with E-state index in [1.54, 1.807) is 20.0 Å². The SMILES string of the molecule is COc1cc(O)cc(OC)c1[C@H]1C2=CC[C@@H]3C(=O)N(c4cccc(C(=O)O)c4)C(=O)[C@@H]3[C@@H]2C[C@H]2C(=O)N(c3cc(-c4sc5ccc(Cl)cc5c4C)nn3C)C(=O)[C@@]12C. The summed E-state index contributed by atoms with van der Waals surface area (Å²) in [4.78, 5) is 74.0. The highest BCUT2D eigenvalue weighted by Gasteiger charge is 2.68. The lowest BCUT2D eigenvalue weighted by molar-refractivity contribution is -0.131. The van der Waals surface area contributed by atoms with Gasteiger partial charge in [-0.15, -0.1) is 11.3 Å². The molecule has 4 amide bonds. The van der Waals surface area contributed by atoms with E-state index in [0.29, 0.717) is 21.9 Å². The summed E-state index contributed by atoms with van der Waals surface area (Å²) in [7, 11) is 4.54. The van der Waals surface area contributed by atoms with Gasteiger partial charge in [-0.1, -0.05) is 29.3 Å². The molecule has 2 aliphatic heterocycles. The van der Waals surface area contributed by atoms with Crippen molar-refractivity contribution in [1.29, 1.82) is 0 Å². The number of methoxy groups -OCH3 is 2. The van der Waals surface area contributed by atoms with Crippen LogP contribution in [0.2, 0.25) is 5.02 Å². The molecule has 58 heavy (non-hydrogen) atoms. The lowest BCUT2D eigenvalue weighted by Gasteiger charge is -2.49. The van der Waals surface area contributed by atoms with Gasteiger partial charge in [-0.25, -0.2) is 9.69 Å². The molecule has 15 heteroatoms. The number of carboxylic acid groups (broad SMARTS) is 1. The van der Waals surface area contributed by atoms with Crippen LogP contribution in [0.25, 0.3) is 20.7 Å². The summed E-state index contributed by atoms with van der Waals surface area (Å²) >= 11 is 7.85. The molecule has 0 unspecified atom stereocenters. The monoisotopic (exact) mass is 820 g/mol. The van der Waals surface area contributed by atoms with Crippen molar-refractivity contribution >= 4 is 74.1 Å². The maximum Gasteiger partial charge on any atom is 0.335 e. The van der Waals surface area contributed by atoms with Gasteiger partial charge in [0.1, 0.15) is 28.8 Å². The fourth-order valence-corrected chi connectivity index (χ4v) is 11.3. The van der Waals surface area contributed by atoms with E-state index < -0.39 is 64.6 Å². The van der Waals surface area contributed by atoms with Gasteiger partial charge in [-0.05, 0) is 80.0 Å². The summed E-state index contributed by atoms with van der Waals surface area (Å²) in [6.45, 7) is 3.73. The maximum atomic E-state index is 15.3. The fraction of sp³-hybridized carbons (Fsp3) is 0.302. The molecule has 2 aliphatic carbocycles. The number of thiophene rings is 1. The van der Waals surface area contributed by atoms with Crippen LogP contribution >= 0.6 is 22.9 Å². The number of amides is 4. The molecule has 9 rings (SSSR count). The van der Waals surface area contributed by atoms with Crippen molar-refractivity contribution in [3.05, 3.63) is 94.0 Å². The number of carboxylic acids is 1. The van der Waals surface area contributed by atoms with Crippen molar-refractivity contribution in [3.63, 3.8) is 0 Å². The van der Waals surface area contributed by atoms with E-state index in [1.165, 1.54) is 71.5 Å². The second kappa shape index (κ2) is 13.3. The molecule has 3 fully saturated rings. The Morgan fingerprint density at radius 1 is 0.948 bits per heavy atom. The van der Waals surface area contributed by atoms with Crippen molar-refractivity contribution < 1.29 is 43.7 Å². The highest BCUT2D eigenvalue weighted by molar-refractivity contribution is 7.22. The lowest BCUT2D eigenvalue weighted by Crippen LogP contribution is -2.49. The average Bonchev–Trinajstić information content (AvgIpc) is 3.87. The Bertz CT molecular complexity index is 2680. The summed E-state index contributed by atoms with van der Waals surface area (Å²) in [6, 6.07) is 15.9. The minimum Gasteiger partial charge on any atom is -0.508 e. The van der Waals surface area contributed by atoms with Crippen molar-refractivity contribution in [2.45, 2.75) is 32.6 Å². The largest absolute Gasteiger partial charge is 0.508 e. The molecule has 0 bridgehead atoms. The molecular weight excluding hydrogens is 784 g/mol. The number of carbonyl (C=O) groups excluding carboxylic acids is 4. The number of anilines is 2. The lowest BCUT2D eigenvalue weighted by atomic mass is 9.51. The highest BCUT2D eigenvalue weighted by Crippen LogP contribution is 2.66. The molecule has 4 heterocycles. The molecule has 2 saturated heterocycles. The second-order valence-corrected chi connectivity index (χ2v) is 17.0. The van der Waals surface area contributed by atoms with Crippen LogP contribution in [0.4, 0.5) is 11.5 Å². The number of aromatic hydroxyl groups is 1. The van der Waals surface area contributed by atoms with E-state index in [-0.39, 0.29) is 47.2 Å². The number of allylic oxidation sites excluding steroid dienone is 2. The van der Waals surface area contributed by atoms with Gasteiger partial charge < -0.3 is 19.7 Å². The van der Waals surface area contributed by atoms with Gasteiger partial charge in [0.05, 0.1) is 53.5 Å². The third kappa shape index (κ3) is 5.20. The first-order valence-electron chi connectivity index (χ1n) is 18.7. The summed E-state index contributed by atoms with van der Waals surface area (Å²) < 4.78 is 14.2. The van der Waals surface area contributed by atoms with Gasteiger partial charge >= 0.3 is 5.97 Å². The van der Waals surface area contributed by atoms with Crippen LogP contribution < -0.4 is 19.3 Å². The average molecular weight is 821 g/mol. The number of phenols is 1. The Hall–Kier alpha value is -5.99. The van der Waals surface area contributed by atoms with Crippen LogP contribution in [-0.4, -0.2) is 63.8 Å². The Labute approximate surface area is 341 Å². The topological polar surface area (TPSA) is 169 Å². The van der Waals surface area contributed by atoms with Crippen LogP contribution in [0.1, 0.15) is 47.2 Å². The van der Waals surface area contributed by atoms with Gasteiger partial charge in [0.2, 0.25) is 23.6 Å². The molecule has 0 spiro atoms. The fourth-order valence-electron chi connectivity index (χ4n) is 10.00. The number of hydrogen-bond acceptors (Lipinski definition) is 10. The summed E-state index contributed by atoms with van der Waals surface area (Å²) in [5.41, 5.74) is 1.24. The molecule has 4 aliphatic rings. The molecule has 3 aromatic carbocycles. The molecule has 1 saturated carbocycles. The van der Waals surface area contributed by atoms with Crippen molar-refractivity contribution in [1.82, 2.24) is 9.78 Å². The van der Waals surface area contributed by atoms with Gasteiger partial charge in [0.15, 0.2) is 0 Å². The molecule has 296 valence electrons. The molecule has 2 aromatic heterocycles. The number of nitrogens with zero attached hydrogens (tertiary/aromatic N) is 4. The number of imide groups is 2. The Kier molecular flexibility index (Phi) is 8.60. The zero-order chi connectivity index (χ0) is 41.1. The number of rotatable bonds is 7. The number of hydrogen-bond donors (Lipinski definition) is 2. The number of ether oxygens (including phenoxy) is 2. The van der Waals surface area contributed by atoms with Crippen molar-refractivity contribution in [2.24, 2.45) is 36.1 Å². The van der Waals surface area contributed by atoms with E-state index in [2.05, 4.69) is 0 Å². The summed E-state index contributed by atoms with van der Waals surface area (Å²) in [5, 5.41) is 26.7. The maximum absolute atomic E-state index is 15.3. The first-order chi connectivity index (χ1) is 27.7. The van der Waals surface area contributed by atoms with E-state index in [0.717, 1.165) is 25.4 Å². The standard InChI is InChI=1S/C43H37ClN4O9S/c1-19-26-14-21(44)9-12-32(26)58-37(19)29-18-33(46(3)45-29)48-39(51)28-17-27-24(36(43(28,2)42(48)55)35-30(56-4)15-23(49)16-31(35)57-5)10-11-25-34(27)40(52)47(38(25)50)22-8-6-7-20(13-22)41(53)54/h6-10,12-16,18,25,27-28,34,36,49H,11,17H2,1-5H3,(H,53,54)/t25-,27+,28-,34-,36+,43+/m0/s1. The first kappa shape index (κ1) is 37.6. The van der Waals surface area contributed by atoms with Crippen LogP contribution in [-0.2, 0) is 26.2 Å². The minimum absolute atomic E-state index is 0.0761. The smallest absolute Gasteiger partial charge is 0.335 e. The Morgan fingerprint density at radius 3 is 2.36 bits per heavy atom. The van der Waals surface area contributed by atoms with Gasteiger partial charge in [-0.3, -0.25) is 28.8 Å². The first-order valence-corrected chi connectivity index (χ1v) is 19.9. The molecule has 6 atom stereocenters. The van der Waals surface area contributed by atoms with Gasteiger partial charge in [-0.2, -0.15) is 5.10 Å². The number of aryl methyl sites for hydroxylation is 2. The minimum atomic E-state index is -1.46. The van der Waals surface area contributed by atoms with Crippen LogP contribution in [0.15, 0.2) is 72.3 Å². The van der Waals surface area contributed by atoms with E-state index in [4.69, 9.17) is 26.2 Å². The number of carbonyl (C=O) groups is 5. The van der Waals surface area contributed by atoms with Gasteiger partial charge in [0.25, 0.3) is 0 Å². The van der Waals surface area contributed by atoms with Crippen LogP contribution in [0.3, 0.4) is 0 Å². The van der Waals surface area contributed by atoms with Crippen molar-refractivity contribution in [3.8, 4) is 27.8 Å². The van der Waals surface area contributed by atoms with Crippen LogP contribution in [0.5, 0.6) is 17.2 Å².